The van der Waals surface area contributed by atoms with E-state index in [1.807, 2.05) is 12.2 Å². The van der Waals surface area contributed by atoms with E-state index in [0.29, 0.717) is 13.0 Å². The summed E-state index contributed by atoms with van der Waals surface area (Å²) >= 11 is 0. The molecule has 0 heterocycles. The van der Waals surface area contributed by atoms with Crippen molar-refractivity contribution in [1.82, 2.24) is 0 Å². The van der Waals surface area contributed by atoms with Crippen molar-refractivity contribution in [2.24, 2.45) is 0 Å². The number of carbonyl (C=O) groups is 1. The number of ether oxygens (including phenoxy) is 3. The molecule has 0 aromatic carbocycles. The number of hydrogen-bond donors (Lipinski definition) is 0. The van der Waals surface area contributed by atoms with Gasteiger partial charge in [-0.2, -0.15) is 0 Å². The topological polar surface area (TPSA) is 44.8 Å². The van der Waals surface area contributed by atoms with E-state index in [2.05, 4.69) is 18.8 Å². The Morgan fingerprint density at radius 3 is 2.57 bits per heavy atom. The zero-order valence-corrected chi connectivity index (χ0v) is 13.5. The maximum Gasteiger partial charge on any atom is 0.306 e. The number of methoxy groups -OCH3 is 2. The van der Waals surface area contributed by atoms with Gasteiger partial charge < -0.3 is 14.2 Å². The second-order valence-corrected chi connectivity index (χ2v) is 4.63. The maximum absolute atomic E-state index is 11.4. The van der Waals surface area contributed by atoms with Gasteiger partial charge in [0.05, 0.1) is 0 Å². The minimum atomic E-state index is -0.444. The van der Waals surface area contributed by atoms with Crippen LogP contribution in [-0.2, 0) is 19.0 Å². The molecule has 0 amide bonds. The van der Waals surface area contributed by atoms with E-state index in [1.54, 1.807) is 14.2 Å². The van der Waals surface area contributed by atoms with Crippen LogP contribution in [0.15, 0.2) is 12.2 Å². The molecule has 0 fully saturated rings. The highest BCUT2D eigenvalue weighted by Crippen LogP contribution is 2.04. The number of allylic oxidation sites excluding steroid dienone is 1. The molecule has 0 aromatic rings. The third-order valence-electron chi connectivity index (χ3n) is 2.79. The Labute approximate surface area is 128 Å². The van der Waals surface area contributed by atoms with Crippen LogP contribution in [0, 0.1) is 11.8 Å². The number of unbranched alkanes of at least 4 members (excludes halogenated alkanes) is 4. The van der Waals surface area contributed by atoms with E-state index in [0.717, 1.165) is 38.5 Å². The fraction of sp³-hybridized carbons (Fsp3) is 0.706. The molecule has 0 aliphatic heterocycles. The van der Waals surface area contributed by atoms with Crippen molar-refractivity contribution in [3.63, 3.8) is 0 Å². The lowest BCUT2D eigenvalue weighted by molar-refractivity contribution is -0.142. The number of rotatable bonds is 11. The van der Waals surface area contributed by atoms with Crippen molar-refractivity contribution in [1.29, 1.82) is 0 Å². The van der Waals surface area contributed by atoms with Crippen LogP contribution in [0.4, 0.5) is 0 Å². The van der Waals surface area contributed by atoms with Gasteiger partial charge in [0.25, 0.3) is 0 Å². The molecular formula is C17H28O4. The summed E-state index contributed by atoms with van der Waals surface area (Å²) in [7, 11) is 3.12. The first-order chi connectivity index (χ1) is 10.2. The average Bonchev–Trinajstić information content (AvgIpc) is 2.50. The van der Waals surface area contributed by atoms with Crippen LogP contribution in [0.5, 0.6) is 0 Å². The summed E-state index contributed by atoms with van der Waals surface area (Å²) in [5.41, 5.74) is 0. The highest BCUT2D eigenvalue weighted by atomic mass is 16.7. The Balaban J connectivity index is 3.48. The third-order valence-corrected chi connectivity index (χ3v) is 2.79. The third kappa shape index (κ3) is 13.4. The van der Waals surface area contributed by atoms with Crippen molar-refractivity contribution >= 4 is 5.97 Å². The Hall–Kier alpha value is -1.31. The molecule has 4 heteroatoms. The molecule has 0 saturated carbocycles. The van der Waals surface area contributed by atoms with Crippen LogP contribution < -0.4 is 0 Å². The summed E-state index contributed by atoms with van der Waals surface area (Å²) in [6, 6.07) is 0. The lowest BCUT2D eigenvalue weighted by Crippen LogP contribution is -2.09. The van der Waals surface area contributed by atoms with Gasteiger partial charge in [0, 0.05) is 27.1 Å². The number of esters is 1. The van der Waals surface area contributed by atoms with Crippen molar-refractivity contribution in [3.05, 3.63) is 12.2 Å². The van der Waals surface area contributed by atoms with Crippen molar-refractivity contribution in [2.75, 3.05) is 20.8 Å². The number of hydrogen-bond acceptors (Lipinski definition) is 4. The summed E-state index contributed by atoms with van der Waals surface area (Å²) in [4.78, 5) is 11.4. The molecule has 120 valence electrons. The summed E-state index contributed by atoms with van der Waals surface area (Å²) in [5, 5.41) is 0. The fourth-order valence-electron chi connectivity index (χ4n) is 1.59. The van der Waals surface area contributed by atoms with E-state index in [1.165, 1.54) is 0 Å². The van der Waals surface area contributed by atoms with Crippen molar-refractivity contribution in [3.8, 4) is 11.8 Å². The van der Waals surface area contributed by atoms with Crippen LogP contribution in [0.3, 0.4) is 0 Å². The smallest absolute Gasteiger partial charge is 0.306 e. The molecule has 0 bridgehead atoms. The second kappa shape index (κ2) is 15.1. The monoisotopic (exact) mass is 296 g/mol. The highest BCUT2D eigenvalue weighted by molar-refractivity contribution is 5.69. The first kappa shape index (κ1) is 19.7. The zero-order valence-electron chi connectivity index (χ0n) is 13.5. The molecule has 0 spiro atoms. The van der Waals surface area contributed by atoms with Gasteiger partial charge in [0.2, 0.25) is 6.29 Å². The fourth-order valence-corrected chi connectivity index (χ4v) is 1.59. The van der Waals surface area contributed by atoms with E-state index in [4.69, 9.17) is 14.2 Å². The lowest BCUT2D eigenvalue weighted by atomic mass is 10.1. The lowest BCUT2D eigenvalue weighted by Gasteiger charge is -2.04. The van der Waals surface area contributed by atoms with Gasteiger partial charge in [-0.15, -0.1) is 0 Å². The molecule has 0 aliphatic rings. The molecule has 4 nitrogen and oxygen atoms in total. The molecule has 21 heavy (non-hydrogen) atoms. The van der Waals surface area contributed by atoms with Crippen LogP contribution in [0.25, 0.3) is 0 Å². The zero-order chi connectivity index (χ0) is 15.8. The van der Waals surface area contributed by atoms with Gasteiger partial charge in [-0.25, -0.2) is 0 Å². The van der Waals surface area contributed by atoms with Crippen molar-refractivity contribution in [2.45, 2.75) is 58.2 Å². The molecule has 0 aliphatic carbocycles. The largest absolute Gasteiger partial charge is 0.461 e. The normalized spacial score (nSPS) is 10.7. The molecular weight excluding hydrogens is 268 g/mol. The van der Waals surface area contributed by atoms with Crippen LogP contribution in [0.2, 0.25) is 0 Å². The van der Waals surface area contributed by atoms with Crippen LogP contribution >= 0.6 is 0 Å². The van der Waals surface area contributed by atoms with Crippen LogP contribution in [-0.4, -0.2) is 33.1 Å². The molecule has 0 N–H and O–H groups in total. The van der Waals surface area contributed by atoms with E-state index in [-0.39, 0.29) is 5.97 Å². The highest BCUT2D eigenvalue weighted by Gasteiger charge is 2.01. The summed E-state index contributed by atoms with van der Waals surface area (Å²) in [5.74, 6) is 5.75. The SMILES string of the molecule is CCC/C=C/COC(=O)CCCCCC#CC(OC)OC. The Kier molecular flexibility index (Phi) is 14.1. The molecule has 0 rings (SSSR count). The predicted octanol–water partition coefficient (Wildman–Crippen LogP) is 3.46. The standard InChI is InChI=1S/C17H28O4/c1-4-5-6-12-15-21-16(18)13-10-8-7-9-11-14-17(19-2)20-3/h6,12,17H,4-5,7-10,13,15H2,1-3H3/b12-6+. The van der Waals surface area contributed by atoms with Gasteiger partial charge in [-0.1, -0.05) is 37.8 Å². The average molecular weight is 296 g/mol. The van der Waals surface area contributed by atoms with E-state index >= 15 is 0 Å². The number of carbonyl (C=O) groups excluding carboxylic acids is 1. The first-order valence-corrected chi connectivity index (χ1v) is 7.59. The Morgan fingerprint density at radius 2 is 1.90 bits per heavy atom. The van der Waals surface area contributed by atoms with Gasteiger partial charge in [0.15, 0.2) is 0 Å². The molecule has 0 saturated heterocycles. The summed E-state index contributed by atoms with van der Waals surface area (Å²) in [6.07, 6.45) is 9.70. The van der Waals surface area contributed by atoms with Crippen LogP contribution in [0.1, 0.15) is 51.9 Å². The Morgan fingerprint density at radius 1 is 1.14 bits per heavy atom. The van der Waals surface area contributed by atoms with Gasteiger partial charge in [-0.3, -0.25) is 4.79 Å². The first-order valence-electron chi connectivity index (χ1n) is 7.59. The molecule has 0 aromatic heterocycles. The second-order valence-electron chi connectivity index (χ2n) is 4.63. The summed E-state index contributed by atoms with van der Waals surface area (Å²) < 4.78 is 15.0. The van der Waals surface area contributed by atoms with E-state index in [9.17, 15) is 4.79 Å². The van der Waals surface area contributed by atoms with Gasteiger partial charge in [-0.05, 0) is 25.2 Å². The van der Waals surface area contributed by atoms with Gasteiger partial charge >= 0.3 is 5.97 Å². The molecule has 0 radical (unpaired) electrons. The van der Waals surface area contributed by atoms with Crippen molar-refractivity contribution < 1.29 is 19.0 Å². The minimum absolute atomic E-state index is 0.124. The minimum Gasteiger partial charge on any atom is -0.461 e. The van der Waals surface area contributed by atoms with Gasteiger partial charge in [0.1, 0.15) is 6.61 Å². The molecule has 0 unspecified atom stereocenters. The van der Waals surface area contributed by atoms with E-state index < -0.39 is 6.29 Å². The Bertz CT molecular complexity index is 334. The maximum atomic E-state index is 11.4. The quantitative estimate of drug-likeness (QED) is 0.192. The summed E-state index contributed by atoms with van der Waals surface area (Å²) in [6.45, 7) is 2.51. The molecule has 0 atom stereocenters. The predicted molar refractivity (Wildman–Crippen MR) is 83.7 cm³/mol.